The zero-order valence-electron chi connectivity index (χ0n) is 15.1. The van der Waals surface area contributed by atoms with Crippen molar-refractivity contribution in [3.63, 3.8) is 0 Å². The number of imide groups is 1. The van der Waals surface area contributed by atoms with E-state index in [9.17, 15) is 14.4 Å². The number of Topliss-reactive ketones (excluding diaryl/α,β-unsaturated/α-hetero) is 1. The Bertz CT molecular complexity index is 1030. The van der Waals surface area contributed by atoms with E-state index >= 15 is 0 Å². The zero-order chi connectivity index (χ0) is 19.0. The van der Waals surface area contributed by atoms with Gasteiger partial charge in [-0.2, -0.15) is 0 Å². The van der Waals surface area contributed by atoms with Crippen LogP contribution in [0.4, 0.5) is 0 Å². The van der Waals surface area contributed by atoms with Gasteiger partial charge in [-0.15, -0.1) is 0 Å². The highest BCUT2D eigenvalue weighted by atomic mass is 16.2. The molecule has 2 heterocycles. The van der Waals surface area contributed by atoms with Crippen molar-refractivity contribution >= 4 is 28.5 Å². The number of hydrogen-bond donors (Lipinski definition) is 0. The molecule has 0 bridgehead atoms. The summed E-state index contributed by atoms with van der Waals surface area (Å²) in [5, 5.41) is 0.849. The molecule has 1 aromatic heterocycles. The normalized spacial score (nSPS) is 14.3. The summed E-state index contributed by atoms with van der Waals surface area (Å²) in [6.07, 6.45) is 0.378. The van der Waals surface area contributed by atoms with Crippen molar-refractivity contribution in [2.75, 3.05) is 6.54 Å². The van der Waals surface area contributed by atoms with Crippen LogP contribution < -0.4 is 0 Å². The van der Waals surface area contributed by atoms with Gasteiger partial charge in [0.25, 0.3) is 0 Å². The van der Waals surface area contributed by atoms with Gasteiger partial charge in [0.05, 0.1) is 17.8 Å². The summed E-state index contributed by atoms with van der Waals surface area (Å²) < 4.78 is 2.12. The van der Waals surface area contributed by atoms with Gasteiger partial charge in [0.2, 0.25) is 11.8 Å². The number of likely N-dealkylation sites (tertiary alicyclic amines) is 1. The van der Waals surface area contributed by atoms with E-state index in [1.54, 1.807) is 0 Å². The average Bonchev–Trinajstić information content (AvgIpc) is 3.20. The molecule has 2 aromatic carbocycles. The van der Waals surface area contributed by atoms with Crippen LogP contribution in [-0.2, 0) is 16.1 Å². The number of para-hydroxylation sites is 1. The number of carbonyl (C=O) groups is 3. The molecule has 4 rings (SSSR count). The number of rotatable bonds is 5. The Kier molecular flexibility index (Phi) is 4.36. The number of aromatic nitrogens is 1. The third kappa shape index (κ3) is 2.85. The molecule has 3 aromatic rings. The first-order chi connectivity index (χ1) is 13.1. The van der Waals surface area contributed by atoms with Crippen molar-refractivity contribution in [2.24, 2.45) is 0 Å². The Morgan fingerprint density at radius 2 is 1.56 bits per heavy atom. The number of nitrogens with zero attached hydrogens (tertiary/aromatic N) is 2. The van der Waals surface area contributed by atoms with Gasteiger partial charge in [0.15, 0.2) is 5.78 Å². The molecule has 2 amide bonds. The number of fused-ring (bicyclic) bond motifs is 1. The lowest BCUT2D eigenvalue weighted by molar-refractivity contribution is -0.137. The number of ketones is 1. The molecule has 27 heavy (non-hydrogen) atoms. The summed E-state index contributed by atoms with van der Waals surface area (Å²) in [7, 11) is 0. The molecule has 0 spiro atoms. The lowest BCUT2D eigenvalue weighted by Crippen LogP contribution is -2.34. The number of hydrogen-bond acceptors (Lipinski definition) is 3. The summed E-state index contributed by atoms with van der Waals surface area (Å²) in [5.41, 5.74) is 3.33. The largest absolute Gasteiger partial charge is 0.340 e. The smallest absolute Gasteiger partial charge is 0.230 e. The molecule has 5 nitrogen and oxygen atoms in total. The molecule has 0 unspecified atom stereocenters. The first kappa shape index (κ1) is 17.2. The Hall–Kier alpha value is -3.21. The van der Waals surface area contributed by atoms with Crippen LogP contribution in [0.2, 0.25) is 0 Å². The van der Waals surface area contributed by atoms with Crippen LogP contribution in [0.15, 0.2) is 54.6 Å². The van der Waals surface area contributed by atoms with Crippen LogP contribution in [0, 0.1) is 0 Å². The summed E-state index contributed by atoms with van der Waals surface area (Å²) in [6.45, 7) is 2.55. The van der Waals surface area contributed by atoms with Crippen molar-refractivity contribution < 1.29 is 14.4 Å². The maximum absolute atomic E-state index is 13.3. The van der Waals surface area contributed by atoms with E-state index in [1.807, 2.05) is 61.5 Å². The van der Waals surface area contributed by atoms with Crippen LogP contribution in [-0.4, -0.2) is 33.6 Å². The van der Waals surface area contributed by atoms with Crippen LogP contribution in [0.5, 0.6) is 0 Å². The van der Waals surface area contributed by atoms with Gasteiger partial charge in [-0.3, -0.25) is 19.3 Å². The SMILES string of the molecule is CCn1c(-c2ccccc2)c(C(=O)CN2C(=O)CCC2=O)c2ccccc21. The Balaban J connectivity index is 1.90. The second-order valence-corrected chi connectivity index (χ2v) is 6.65. The van der Waals surface area contributed by atoms with Crippen molar-refractivity contribution in [1.29, 1.82) is 0 Å². The quantitative estimate of drug-likeness (QED) is 0.515. The second-order valence-electron chi connectivity index (χ2n) is 6.65. The van der Waals surface area contributed by atoms with Gasteiger partial charge < -0.3 is 4.57 Å². The summed E-state index contributed by atoms with van der Waals surface area (Å²) >= 11 is 0. The first-order valence-corrected chi connectivity index (χ1v) is 9.15. The highest BCUT2D eigenvalue weighted by molar-refractivity contribution is 6.16. The highest BCUT2D eigenvalue weighted by Crippen LogP contribution is 2.34. The standard InChI is InChI=1S/C22H20N2O3/c1-2-23-17-11-7-6-10-16(17)21(22(23)15-8-4-3-5-9-15)18(25)14-24-19(26)12-13-20(24)27/h3-11H,2,12-14H2,1H3. The van der Waals surface area contributed by atoms with Gasteiger partial charge in [0.1, 0.15) is 0 Å². The van der Waals surface area contributed by atoms with E-state index in [-0.39, 0.29) is 37.0 Å². The number of benzene rings is 2. The van der Waals surface area contributed by atoms with E-state index < -0.39 is 0 Å². The van der Waals surface area contributed by atoms with Crippen molar-refractivity contribution in [3.05, 3.63) is 60.2 Å². The Morgan fingerprint density at radius 1 is 0.926 bits per heavy atom. The van der Waals surface area contributed by atoms with E-state index in [0.717, 1.165) is 27.1 Å². The molecule has 1 aliphatic heterocycles. The molecule has 136 valence electrons. The van der Waals surface area contributed by atoms with Gasteiger partial charge in [-0.1, -0.05) is 48.5 Å². The maximum atomic E-state index is 13.3. The molecule has 1 aliphatic rings. The number of aryl methyl sites for hydroxylation is 1. The van der Waals surface area contributed by atoms with Gasteiger partial charge in [-0.05, 0) is 18.6 Å². The van der Waals surface area contributed by atoms with Gasteiger partial charge in [0, 0.05) is 30.3 Å². The van der Waals surface area contributed by atoms with Crippen molar-refractivity contribution in [1.82, 2.24) is 9.47 Å². The topological polar surface area (TPSA) is 59.4 Å². The Morgan fingerprint density at radius 3 is 2.22 bits per heavy atom. The molecule has 0 atom stereocenters. The molecular formula is C22H20N2O3. The lowest BCUT2D eigenvalue weighted by atomic mass is 10.0. The van der Waals surface area contributed by atoms with Crippen LogP contribution in [0.1, 0.15) is 30.1 Å². The molecule has 0 N–H and O–H groups in total. The van der Waals surface area contributed by atoms with Crippen molar-refractivity contribution in [3.8, 4) is 11.3 Å². The summed E-state index contributed by atoms with van der Waals surface area (Å²) in [5.74, 6) is -0.747. The maximum Gasteiger partial charge on any atom is 0.230 e. The monoisotopic (exact) mass is 360 g/mol. The summed E-state index contributed by atoms with van der Waals surface area (Å²) in [4.78, 5) is 38.3. The number of amides is 2. The highest BCUT2D eigenvalue weighted by Gasteiger charge is 2.32. The average molecular weight is 360 g/mol. The van der Waals surface area contributed by atoms with Crippen LogP contribution in [0.3, 0.4) is 0 Å². The summed E-state index contributed by atoms with van der Waals surface area (Å²) in [6, 6.07) is 17.5. The fourth-order valence-electron chi connectivity index (χ4n) is 3.83. The third-order valence-electron chi connectivity index (χ3n) is 5.07. The minimum atomic E-state index is -0.270. The predicted molar refractivity (Wildman–Crippen MR) is 103 cm³/mol. The van der Waals surface area contributed by atoms with Crippen LogP contribution >= 0.6 is 0 Å². The van der Waals surface area contributed by atoms with E-state index in [0.29, 0.717) is 12.1 Å². The minimum Gasteiger partial charge on any atom is -0.340 e. The predicted octanol–water partition coefficient (Wildman–Crippen LogP) is 3.66. The molecule has 1 fully saturated rings. The molecular weight excluding hydrogens is 340 g/mol. The molecule has 5 heteroatoms. The molecule has 0 saturated carbocycles. The lowest BCUT2D eigenvalue weighted by Gasteiger charge is -2.14. The fourth-order valence-corrected chi connectivity index (χ4v) is 3.83. The van der Waals surface area contributed by atoms with Gasteiger partial charge in [-0.25, -0.2) is 0 Å². The molecule has 0 radical (unpaired) electrons. The zero-order valence-corrected chi connectivity index (χ0v) is 15.1. The van der Waals surface area contributed by atoms with Gasteiger partial charge >= 0.3 is 0 Å². The second kappa shape index (κ2) is 6.83. The third-order valence-corrected chi connectivity index (χ3v) is 5.07. The first-order valence-electron chi connectivity index (χ1n) is 9.15. The molecule has 1 saturated heterocycles. The van der Waals surface area contributed by atoms with E-state index in [4.69, 9.17) is 0 Å². The van der Waals surface area contributed by atoms with E-state index in [2.05, 4.69) is 4.57 Å². The Labute approximate surface area is 157 Å². The van der Waals surface area contributed by atoms with Crippen molar-refractivity contribution in [2.45, 2.75) is 26.3 Å². The fraction of sp³-hybridized carbons (Fsp3) is 0.227. The number of carbonyl (C=O) groups excluding carboxylic acids is 3. The molecule has 0 aliphatic carbocycles. The minimum absolute atomic E-state index is 0.189. The van der Waals surface area contributed by atoms with E-state index in [1.165, 1.54) is 0 Å². The van der Waals surface area contributed by atoms with Crippen LogP contribution in [0.25, 0.3) is 22.2 Å².